The van der Waals surface area contributed by atoms with E-state index in [-0.39, 0.29) is 17.4 Å². The van der Waals surface area contributed by atoms with Gasteiger partial charge in [0.15, 0.2) is 0 Å². The van der Waals surface area contributed by atoms with Crippen LogP contribution in [0.2, 0.25) is 0 Å². The molecule has 0 saturated carbocycles. The first kappa shape index (κ1) is 36.6. The van der Waals surface area contributed by atoms with Crippen LogP contribution in [-0.2, 0) is 22.4 Å². The molecule has 6 rings (SSSR count). The SMILES string of the molecule is O=C(NCCc1cnc[nH]1)c1ccc2c(c1)CC(c1nc3ccc(-c4cn[nH]c4)cc3c(=O)[nH]1)CO2.O=C(O)C(F)(F)F.O=C(O)C(F)(F)F. The van der Waals surface area contributed by atoms with Crippen molar-refractivity contribution in [2.45, 2.75) is 31.1 Å². The van der Waals surface area contributed by atoms with E-state index in [1.807, 2.05) is 30.3 Å². The quantitative estimate of drug-likeness (QED) is 0.139. The van der Waals surface area contributed by atoms with Gasteiger partial charge < -0.3 is 30.2 Å². The van der Waals surface area contributed by atoms with E-state index in [2.05, 4.69) is 30.5 Å². The van der Waals surface area contributed by atoms with E-state index in [9.17, 15) is 35.9 Å². The lowest BCUT2D eigenvalue weighted by Crippen LogP contribution is -2.27. The molecular formula is C30H25F6N7O7. The summed E-state index contributed by atoms with van der Waals surface area (Å²) in [5.74, 6) is -4.48. The molecule has 5 aromatic rings. The van der Waals surface area contributed by atoms with Crippen LogP contribution < -0.4 is 15.6 Å². The van der Waals surface area contributed by atoms with Gasteiger partial charge in [0.25, 0.3) is 11.5 Å². The maximum atomic E-state index is 12.9. The number of H-pyrrole nitrogens is 3. The highest BCUT2D eigenvalue weighted by Gasteiger charge is 2.39. The fraction of sp³-hybridized carbons (Fsp3) is 0.233. The largest absolute Gasteiger partial charge is 0.493 e. The van der Waals surface area contributed by atoms with Crippen LogP contribution in [0.15, 0.2) is 66.1 Å². The number of rotatable bonds is 6. The summed E-state index contributed by atoms with van der Waals surface area (Å²) in [6.45, 7) is 0.895. The number of nitrogens with zero attached hydrogens (tertiary/aromatic N) is 3. The van der Waals surface area contributed by atoms with Gasteiger partial charge in [0.05, 0.1) is 36.0 Å². The fourth-order valence-corrected chi connectivity index (χ4v) is 4.48. The number of hydrogen-bond donors (Lipinski definition) is 6. The molecule has 2 aromatic carbocycles. The van der Waals surface area contributed by atoms with E-state index in [0.29, 0.717) is 48.3 Å². The van der Waals surface area contributed by atoms with Crippen LogP contribution in [0.1, 0.15) is 33.4 Å². The van der Waals surface area contributed by atoms with Gasteiger partial charge in [-0.15, -0.1) is 0 Å². The van der Waals surface area contributed by atoms with Crippen LogP contribution >= 0.6 is 0 Å². The standard InChI is InChI=1S/C26H23N7O3.2C2HF3O2/c34-25(28-6-5-20-12-27-14-29-20)16-2-4-23-17(7-16)8-18(13-36-23)24-32-22-3-1-15(19-10-30-31-11-19)9-21(22)26(35)33-24;2*3-2(4,5)1(6)7/h1-4,7,9-12,14,18H,5-6,8,13H2,(H,27,29)(H,28,34)(H,30,31)(H,32,33,35);2*(H,6,7). The summed E-state index contributed by atoms with van der Waals surface area (Å²) in [7, 11) is 0. The third kappa shape index (κ3) is 9.67. The Kier molecular flexibility index (Phi) is 11.2. The predicted octanol–water partition coefficient (Wildman–Crippen LogP) is 3.99. The number of fused-ring (bicyclic) bond motifs is 2. The molecule has 50 heavy (non-hydrogen) atoms. The van der Waals surface area contributed by atoms with Crippen molar-refractivity contribution in [2.75, 3.05) is 13.2 Å². The topological polar surface area (TPSA) is 216 Å². The number of ether oxygens (including phenoxy) is 1. The van der Waals surface area contributed by atoms with E-state index < -0.39 is 24.3 Å². The number of carbonyl (C=O) groups is 3. The molecule has 0 radical (unpaired) electrons. The lowest BCUT2D eigenvalue weighted by Gasteiger charge is -2.25. The highest BCUT2D eigenvalue weighted by molar-refractivity contribution is 5.94. The number of benzene rings is 2. The minimum absolute atomic E-state index is 0.137. The first-order valence-electron chi connectivity index (χ1n) is 14.2. The third-order valence-corrected chi connectivity index (χ3v) is 6.89. The fourth-order valence-electron chi connectivity index (χ4n) is 4.48. The minimum atomic E-state index is -5.08. The average Bonchev–Trinajstić information content (AvgIpc) is 3.79. The second kappa shape index (κ2) is 15.3. The second-order valence-electron chi connectivity index (χ2n) is 10.4. The number of halogens is 6. The van der Waals surface area contributed by atoms with E-state index in [1.54, 1.807) is 31.0 Å². The van der Waals surface area contributed by atoms with E-state index >= 15 is 0 Å². The highest BCUT2D eigenvalue weighted by atomic mass is 19.4. The Balaban J connectivity index is 0.000000340. The predicted molar refractivity (Wildman–Crippen MR) is 160 cm³/mol. The molecule has 1 amide bonds. The van der Waals surface area contributed by atoms with Crippen molar-refractivity contribution >= 4 is 28.7 Å². The molecule has 3 aromatic heterocycles. The summed E-state index contributed by atoms with van der Waals surface area (Å²) < 4.78 is 69.4. The molecule has 0 aliphatic carbocycles. The molecule has 1 aliphatic rings. The molecule has 0 spiro atoms. The molecule has 0 saturated heterocycles. The number of carbonyl (C=O) groups excluding carboxylic acids is 1. The van der Waals surface area contributed by atoms with Gasteiger partial charge >= 0.3 is 24.3 Å². The number of aliphatic carboxylic acids is 2. The molecule has 0 bridgehead atoms. The molecule has 264 valence electrons. The Labute approximate surface area is 275 Å². The first-order chi connectivity index (χ1) is 23.5. The van der Waals surface area contributed by atoms with Gasteiger partial charge in [-0.2, -0.15) is 31.4 Å². The molecule has 20 heteroatoms. The monoisotopic (exact) mass is 709 g/mol. The maximum absolute atomic E-state index is 12.9. The number of hydrogen-bond acceptors (Lipinski definition) is 8. The first-order valence-corrected chi connectivity index (χ1v) is 14.2. The van der Waals surface area contributed by atoms with Crippen LogP contribution in [0.5, 0.6) is 5.75 Å². The van der Waals surface area contributed by atoms with Crippen LogP contribution in [0.4, 0.5) is 26.3 Å². The number of aromatic amines is 3. The zero-order valence-electron chi connectivity index (χ0n) is 25.2. The van der Waals surface area contributed by atoms with Gasteiger partial charge in [-0.25, -0.2) is 19.6 Å². The van der Waals surface area contributed by atoms with Crippen molar-refractivity contribution in [1.29, 1.82) is 0 Å². The number of alkyl halides is 6. The number of nitrogens with one attached hydrogen (secondary N) is 4. The van der Waals surface area contributed by atoms with Gasteiger partial charge in [-0.1, -0.05) is 6.07 Å². The van der Waals surface area contributed by atoms with Crippen molar-refractivity contribution in [2.24, 2.45) is 0 Å². The van der Waals surface area contributed by atoms with Crippen LogP contribution in [0, 0.1) is 0 Å². The molecule has 1 unspecified atom stereocenters. The molecule has 6 N–H and O–H groups in total. The van der Waals surface area contributed by atoms with E-state index in [0.717, 1.165) is 28.1 Å². The average molecular weight is 710 g/mol. The summed E-state index contributed by atoms with van der Waals surface area (Å²) in [4.78, 5) is 58.1. The Morgan fingerprint density at radius 3 is 2.26 bits per heavy atom. The third-order valence-electron chi connectivity index (χ3n) is 6.89. The van der Waals surface area contributed by atoms with E-state index in [4.69, 9.17) is 29.5 Å². The summed E-state index contributed by atoms with van der Waals surface area (Å²) in [5.41, 5.74) is 4.65. The number of carboxylic acid groups (broad SMARTS) is 2. The number of aromatic nitrogens is 6. The second-order valence-corrected chi connectivity index (χ2v) is 10.4. The van der Waals surface area contributed by atoms with Crippen LogP contribution in [0.3, 0.4) is 0 Å². The Bertz CT molecular complexity index is 1990. The minimum Gasteiger partial charge on any atom is -0.493 e. The molecule has 0 fully saturated rings. The zero-order chi connectivity index (χ0) is 36.6. The summed E-state index contributed by atoms with van der Waals surface area (Å²) >= 11 is 0. The van der Waals surface area contributed by atoms with Gasteiger partial charge in [0, 0.05) is 42.2 Å². The van der Waals surface area contributed by atoms with E-state index in [1.165, 1.54) is 0 Å². The number of imidazole rings is 1. The van der Waals surface area contributed by atoms with Crippen molar-refractivity contribution < 1.29 is 55.7 Å². The smallest absolute Gasteiger partial charge is 0.490 e. The molecule has 1 atom stereocenters. The van der Waals surface area contributed by atoms with Crippen molar-refractivity contribution in [1.82, 2.24) is 35.5 Å². The zero-order valence-corrected chi connectivity index (χ0v) is 25.2. The number of carboxylic acids is 2. The molecular weight excluding hydrogens is 684 g/mol. The van der Waals surface area contributed by atoms with Crippen molar-refractivity contribution in [3.63, 3.8) is 0 Å². The number of amides is 1. The van der Waals surface area contributed by atoms with Crippen molar-refractivity contribution in [3.8, 4) is 16.9 Å². The molecule has 1 aliphatic heterocycles. The van der Waals surface area contributed by atoms with Gasteiger partial charge in [-0.3, -0.25) is 14.7 Å². The van der Waals surface area contributed by atoms with Gasteiger partial charge in [0.2, 0.25) is 0 Å². The lowest BCUT2D eigenvalue weighted by molar-refractivity contribution is -0.193. The Morgan fingerprint density at radius 2 is 1.66 bits per heavy atom. The Morgan fingerprint density at radius 1 is 0.960 bits per heavy atom. The summed E-state index contributed by atoms with van der Waals surface area (Å²) in [5, 5.41) is 24.5. The Hall–Kier alpha value is -6.21. The molecule has 4 heterocycles. The normalized spacial score (nSPS) is 13.8. The van der Waals surface area contributed by atoms with Gasteiger partial charge in [0.1, 0.15) is 11.6 Å². The van der Waals surface area contributed by atoms with Crippen molar-refractivity contribution in [3.05, 3.63) is 94.3 Å². The summed E-state index contributed by atoms with van der Waals surface area (Å²) in [6, 6.07) is 11.0. The lowest BCUT2D eigenvalue weighted by atomic mass is 9.94. The van der Waals surface area contributed by atoms with Gasteiger partial charge in [-0.05, 0) is 47.9 Å². The van der Waals surface area contributed by atoms with Crippen LogP contribution in [-0.4, -0.2) is 83.7 Å². The highest BCUT2D eigenvalue weighted by Crippen LogP contribution is 2.32. The summed E-state index contributed by atoms with van der Waals surface area (Å²) in [6.07, 6.45) is -2.04. The maximum Gasteiger partial charge on any atom is 0.490 e. The molecule has 14 nitrogen and oxygen atoms in total. The van der Waals surface area contributed by atoms with Crippen LogP contribution in [0.25, 0.3) is 22.0 Å².